The predicted molar refractivity (Wildman–Crippen MR) is 105 cm³/mol. The van der Waals surface area contributed by atoms with Crippen LogP contribution in [0.1, 0.15) is 11.1 Å². The molecule has 4 rings (SSSR count). The summed E-state index contributed by atoms with van der Waals surface area (Å²) >= 11 is 0. The fourth-order valence-electron chi connectivity index (χ4n) is 2.98. The Morgan fingerprint density at radius 1 is 0.731 bits per heavy atom. The van der Waals surface area contributed by atoms with E-state index in [1.165, 1.54) is 4.68 Å². The second kappa shape index (κ2) is 7.19. The fourth-order valence-corrected chi connectivity index (χ4v) is 2.98. The van der Waals surface area contributed by atoms with E-state index in [0.29, 0.717) is 6.42 Å². The van der Waals surface area contributed by atoms with Crippen LogP contribution in [-0.4, -0.2) is 9.78 Å². The number of hydrogen-bond acceptors (Lipinski definition) is 2. The molecule has 0 atom stereocenters. The largest absolute Gasteiger partial charge is 0.275 e. The first-order valence-corrected chi connectivity index (χ1v) is 8.59. The lowest BCUT2D eigenvalue weighted by Crippen LogP contribution is -2.25. The molecule has 0 aliphatic carbocycles. The second-order valence-electron chi connectivity index (χ2n) is 6.14. The van der Waals surface area contributed by atoms with Crippen molar-refractivity contribution in [3.63, 3.8) is 0 Å². The maximum absolute atomic E-state index is 13.1. The Labute approximate surface area is 152 Å². The first-order valence-electron chi connectivity index (χ1n) is 8.59. The van der Waals surface area contributed by atoms with Gasteiger partial charge in [-0.25, -0.2) is 0 Å². The van der Waals surface area contributed by atoms with Gasteiger partial charge >= 0.3 is 0 Å². The van der Waals surface area contributed by atoms with Gasteiger partial charge in [0.2, 0.25) is 0 Å². The minimum atomic E-state index is -0.0836. The highest BCUT2D eigenvalue weighted by Gasteiger charge is 2.12. The summed E-state index contributed by atoms with van der Waals surface area (Å²) in [5.74, 6) is 0. The van der Waals surface area contributed by atoms with Crippen LogP contribution >= 0.6 is 0 Å². The van der Waals surface area contributed by atoms with Crippen molar-refractivity contribution in [2.75, 3.05) is 0 Å². The van der Waals surface area contributed by atoms with Gasteiger partial charge in [0.1, 0.15) is 0 Å². The van der Waals surface area contributed by atoms with Gasteiger partial charge in [-0.3, -0.25) is 4.79 Å². The molecule has 1 aromatic heterocycles. The summed E-state index contributed by atoms with van der Waals surface area (Å²) in [6.07, 6.45) is 0.578. The molecule has 26 heavy (non-hydrogen) atoms. The molecular weight excluding hydrogens is 320 g/mol. The van der Waals surface area contributed by atoms with Crippen LogP contribution in [0.2, 0.25) is 0 Å². The summed E-state index contributed by atoms with van der Waals surface area (Å²) < 4.78 is 1.50. The summed E-state index contributed by atoms with van der Waals surface area (Å²) in [5.41, 5.74) is 4.30. The molecular formula is C23H18N2O. The average Bonchev–Trinajstić information content (AvgIpc) is 2.71. The van der Waals surface area contributed by atoms with E-state index in [1.807, 2.05) is 97.1 Å². The van der Waals surface area contributed by atoms with Crippen molar-refractivity contribution in [2.45, 2.75) is 6.42 Å². The maximum Gasteiger partial charge on any atom is 0.275 e. The average molecular weight is 338 g/mol. The van der Waals surface area contributed by atoms with E-state index < -0.39 is 0 Å². The SMILES string of the molecule is O=c1c(Cc2ccccc2)cc(-c2ccccc2)nn1-c1ccccc1. The van der Waals surface area contributed by atoms with Gasteiger partial charge in [0, 0.05) is 17.5 Å². The Bertz CT molecular complexity index is 1060. The van der Waals surface area contributed by atoms with Crippen LogP contribution in [0, 0.1) is 0 Å². The summed E-state index contributed by atoms with van der Waals surface area (Å²) in [6.45, 7) is 0. The van der Waals surface area contributed by atoms with Gasteiger partial charge in [0.25, 0.3) is 5.56 Å². The van der Waals surface area contributed by atoms with Crippen molar-refractivity contribution in [2.24, 2.45) is 0 Å². The minimum absolute atomic E-state index is 0.0836. The Balaban J connectivity index is 1.89. The van der Waals surface area contributed by atoms with Gasteiger partial charge in [0.05, 0.1) is 11.4 Å². The van der Waals surface area contributed by atoms with E-state index in [4.69, 9.17) is 0 Å². The highest BCUT2D eigenvalue weighted by atomic mass is 16.1. The predicted octanol–water partition coefficient (Wildman–Crippen LogP) is 4.49. The zero-order chi connectivity index (χ0) is 17.8. The quantitative estimate of drug-likeness (QED) is 0.549. The molecule has 0 aliphatic rings. The standard InChI is InChI=1S/C23H18N2O/c26-23-20(16-18-10-4-1-5-11-18)17-22(19-12-6-2-7-13-19)24-25(23)21-14-8-3-9-15-21/h1-15,17H,16H2. The van der Waals surface area contributed by atoms with E-state index in [-0.39, 0.29) is 5.56 Å². The van der Waals surface area contributed by atoms with E-state index in [0.717, 1.165) is 28.1 Å². The van der Waals surface area contributed by atoms with Gasteiger partial charge in [-0.1, -0.05) is 78.9 Å². The number of nitrogens with zero attached hydrogens (tertiary/aromatic N) is 2. The van der Waals surface area contributed by atoms with E-state index in [9.17, 15) is 4.79 Å². The Kier molecular flexibility index (Phi) is 4.44. The monoisotopic (exact) mass is 338 g/mol. The molecule has 0 spiro atoms. The molecule has 126 valence electrons. The molecule has 3 aromatic carbocycles. The molecule has 3 heteroatoms. The number of benzene rings is 3. The Hall–Kier alpha value is -3.46. The van der Waals surface area contributed by atoms with Crippen molar-refractivity contribution in [3.05, 3.63) is 119 Å². The van der Waals surface area contributed by atoms with Crippen molar-refractivity contribution in [1.29, 1.82) is 0 Å². The molecule has 0 bridgehead atoms. The normalized spacial score (nSPS) is 10.6. The topological polar surface area (TPSA) is 34.9 Å². The molecule has 0 radical (unpaired) electrons. The van der Waals surface area contributed by atoms with E-state index in [2.05, 4.69) is 5.10 Å². The summed E-state index contributed by atoms with van der Waals surface area (Å²) in [4.78, 5) is 13.1. The van der Waals surface area contributed by atoms with Crippen LogP contribution in [0.25, 0.3) is 16.9 Å². The highest BCUT2D eigenvalue weighted by Crippen LogP contribution is 2.18. The van der Waals surface area contributed by atoms with Crippen molar-refractivity contribution < 1.29 is 0 Å². The van der Waals surface area contributed by atoms with E-state index >= 15 is 0 Å². The Morgan fingerprint density at radius 3 is 1.96 bits per heavy atom. The van der Waals surface area contributed by atoms with Gasteiger partial charge in [-0.05, 0) is 23.8 Å². The molecule has 0 fully saturated rings. The maximum atomic E-state index is 13.1. The zero-order valence-electron chi connectivity index (χ0n) is 14.2. The number of hydrogen-bond donors (Lipinski definition) is 0. The van der Waals surface area contributed by atoms with Crippen LogP contribution in [0.5, 0.6) is 0 Å². The van der Waals surface area contributed by atoms with Gasteiger partial charge in [-0.2, -0.15) is 9.78 Å². The highest BCUT2D eigenvalue weighted by molar-refractivity contribution is 5.59. The first kappa shape index (κ1) is 16.0. The van der Waals surface area contributed by atoms with Crippen LogP contribution in [0.15, 0.2) is 102 Å². The third-order valence-corrected chi connectivity index (χ3v) is 4.29. The lowest BCUT2D eigenvalue weighted by atomic mass is 10.0. The van der Waals surface area contributed by atoms with Crippen LogP contribution < -0.4 is 5.56 Å². The second-order valence-corrected chi connectivity index (χ2v) is 6.14. The third-order valence-electron chi connectivity index (χ3n) is 4.29. The Morgan fingerprint density at radius 2 is 1.31 bits per heavy atom. The molecule has 0 saturated carbocycles. The summed E-state index contributed by atoms with van der Waals surface area (Å²) in [5, 5.41) is 4.62. The number of aromatic nitrogens is 2. The summed E-state index contributed by atoms with van der Waals surface area (Å²) in [6, 6.07) is 31.4. The fraction of sp³-hybridized carbons (Fsp3) is 0.0435. The lowest BCUT2D eigenvalue weighted by molar-refractivity contribution is 0.795. The van der Waals surface area contributed by atoms with E-state index in [1.54, 1.807) is 0 Å². The molecule has 4 aromatic rings. The smallest absolute Gasteiger partial charge is 0.267 e. The van der Waals surface area contributed by atoms with Gasteiger partial charge in [-0.15, -0.1) is 0 Å². The van der Waals surface area contributed by atoms with Crippen LogP contribution in [-0.2, 0) is 6.42 Å². The van der Waals surface area contributed by atoms with Crippen molar-refractivity contribution in [1.82, 2.24) is 9.78 Å². The first-order chi connectivity index (χ1) is 12.8. The van der Waals surface area contributed by atoms with Gasteiger partial charge in [0.15, 0.2) is 0 Å². The molecule has 0 amide bonds. The van der Waals surface area contributed by atoms with Crippen LogP contribution in [0.3, 0.4) is 0 Å². The van der Waals surface area contributed by atoms with Gasteiger partial charge < -0.3 is 0 Å². The number of para-hydroxylation sites is 1. The molecule has 0 aliphatic heterocycles. The minimum Gasteiger partial charge on any atom is -0.267 e. The van der Waals surface area contributed by atoms with Crippen LogP contribution in [0.4, 0.5) is 0 Å². The third kappa shape index (κ3) is 3.33. The number of rotatable bonds is 4. The molecule has 0 N–H and O–H groups in total. The van der Waals surface area contributed by atoms with Crippen molar-refractivity contribution >= 4 is 0 Å². The molecule has 0 unspecified atom stereocenters. The molecule has 1 heterocycles. The molecule has 0 saturated heterocycles. The summed E-state index contributed by atoms with van der Waals surface area (Å²) in [7, 11) is 0. The zero-order valence-corrected chi connectivity index (χ0v) is 14.2. The van der Waals surface area contributed by atoms with Crippen molar-refractivity contribution in [3.8, 4) is 16.9 Å². The molecule has 3 nitrogen and oxygen atoms in total. The lowest BCUT2D eigenvalue weighted by Gasteiger charge is -2.11.